The number of benzene rings is 2. The molecular formula is C25H21N3O7S. The van der Waals surface area contributed by atoms with Crippen LogP contribution in [0.4, 0.5) is 10.7 Å². The molecule has 3 rings (SSSR count). The van der Waals surface area contributed by atoms with Crippen LogP contribution >= 0.6 is 11.3 Å². The number of carbonyl (C=O) groups excluding carboxylic acids is 2. The topological polar surface area (TPSA) is 141 Å². The monoisotopic (exact) mass is 507 g/mol. The summed E-state index contributed by atoms with van der Waals surface area (Å²) < 4.78 is 16.0. The average Bonchev–Trinajstić information content (AvgIpc) is 3.34. The molecule has 1 N–H and O–H groups in total. The fourth-order valence-corrected chi connectivity index (χ4v) is 3.92. The lowest BCUT2D eigenvalue weighted by atomic mass is 10.1. The highest BCUT2D eigenvalue weighted by atomic mass is 32.1. The molecule has 1 heterocycles. The Labute approximate surface area is 210 Å². The molecule has 2 aromatic carbocycles. The van der Waals surface area contributed by atoms with E-state index < -0.39 is 16.8 Å². The number of para-hydroxylation sites is 2. The number of methoxy groups -OCH3 is 1. The number of nitro benzene ring substituents is 1. The Morgan fingerprint density at radius 1 is 1.19 bits per heavy atom. The molecule has 0 fully saturated rings. The maximum atomic E-state index is 12.7. The first-order chi connectivity index (χ1) is 17.4. The average molecular weight is 508 g/mol. The molecule has 0 saturated heterocycles. The van der Waals surface area contributed by atoms with Gasteiger partial charge in [0.15, 0.2) is 5.75 Å². The summed E-state index contributed by atoms with van der Waals surface area (Å²) in [5, 5.41) is 25.3. The number of nitro groups is 1. The second-order valence-corrected chi connectivity index (χ2v) is 8.01. The quantitative estimate of drug-likeness (QED) is 0.133. The maximum absolute atomic E-state index is 12.7. The molecule has 184 valence electrons. The second-order valence-electron chi connectivity index (χ2n) is 7.09. The van der Waals surface area contributed by atoms with Crippen molar-refractivity contribution >= 4 is 40.0 Å². The summed E-state index contributed by atoms with van der Waals surface area (Å²) in [6, 6.07) is 14.3. The fourth-order valence-electron chi connectivity index (χ4n) is 3.15. The summed E-state index contributed by atoms with van der Waals surface area (Å²) in [6.07, 6.45) is 1.38. The smallest absolute Gasteiger partial charge is 0.341 e. The zero-order valence-corrected chi connectivity index (χ0v) is 20.2. The van der Waals surface area contributed by atoms with Gasteiger partial charge in [-0.15, -0.1) is 11.3 Å². The molecule has 0 aliphatic carbocycles. The zero-order valence-electron chi connectivity index (χ0n) is 19.3. The lowest BCUT2D eigenvalue weighted by Crippen LogP contribution is -2.15. The Bertz CT molecular complexity index is 1360. The molecule has 0 unspecified atom stereocenters. The molecule has 0 spiro atoms. The molecule has 3 aromatic rings. The number of nitriles is 1. The van der Waals surface area contributed by atoms with Gasteiger partial charge in [0.1, 0.15) is 29.0 Å². The number of hydrogen-bond donors (Lipinski definition) is 1. The van der Waals surface area contributed by atoms with Crippen LogP contribution in [0.2, 0.25) is 0 Å². The minimum atomic E-state index is -0.695. The molecule has 1 amide bonds. The molecule has 0 atom stereocenters. The van der Waals surface area contributed by atoms with Gasteiger partial charge in [0.05, 0.1) is 24.2 Å². The third kappa shape index (κ3) is 6.25. The number of amides is 1. The molecule has 1 aromatic heterocycles. The van der Waals surface area contributed by atoms with Crippen molar-refractivity contribution in [2.45, 2.75) is 13.5 Å². The molecule has 11 heteroatoms. The van der Waals surface area contributed by atoms with Crippen molar-refractivity contribution in [3.63, 3.8) is 0 Å². The van der Waals surface area contributed by atoms with Gasteiger partial charge >= 0.3 is 11.7 Å². The Morgan fingerprint density at radius 3 is 2.67 bits per heavy atom. The zero-order chi connectivity index (χ0) is 26.1. The van der Waals surface area contributed by atoms with Crippen LogP contribution in [-0.2, 0) is 16.1 Å². The summed E-state index contributed by atoms with van der Waals surface area (Å²) >= 11 is 1.13. The Hall–Kier alpha value is -4.69. The summed E-state index contributed by atoms with van der Waals surface area (Å²) in [4.78, 5) is 35.5. The highest BCUT2D eigenvalue weighted by Crippen LogP contribution is 2.29. The van der Waals surface area contributed by atoms with Crippen molar-refractivity contribution in [3.8, 4) is 17.6 Å². The predicted molar refractivity (Wildman–Crippen MR) is 133 cm³/mol. The number of rotatable bonds is 10. The van der Waals surface area contributed by atoms with Crippen molar-refractivity contribution in [1.82, 2.24) is 0 Å². The minimum absolute atomic E-state index is 0.0537. The number of hydrogen-bond acceptors (Lipinski definition) is 9. The fraction of sp³-hybridized carbons (Fsp3) is 0.160. The van der Waals surface area contributed by atoms with Gasteiger partial charge in [-0.1, -0.05) is 18.2 Å². The third-order valence-corrected chi connectivity index (χ3v) is 5.64. The summed E-state index contributed by atoms with van der Waals surface area (Å²) in [5.41, 5.74) is 0.873. The number of nitrogens with one attached hydrogen (secondary N) is 1. The summed E-state index contributed by atoms with van der Waals surface area (Å²) in [7, 11) is 1.47. The van der Waals surface area contributed by atoms with Crippen LogP contribution in [0.25, 0.3) is 6.08 Å². The lowest BCUT2D eigenvalue weighted by Gasteiger charge is -2.11. The van der Waals surface area contributed by atoms with E-state index in [1.165, 1.54) is 37.5 Å². The van der Waals surface area contributed by atoms with Crippen molar-refractivity contribution < 1.29 is 28.7 Å². The Balaban J connectivity index is 1.82. The molecule has 0 saturated carbocycles. The van der Waals surface area contributed by atoms with E-state index in [0.717, 1.165) is 11.3 Å². The van der Waals surface area contributed by atoms with Crippen molar-refractivity contribution in [3.05, 3.63) is 86.3 Å². The van der Waals surface area contributed by atoms with E-state index in [1.54, 1.807) is 36.6 Å². The first-order valence-corrected chi connectivity index (χ1v) is 11.5. The Kier molecular flexibility index (Phi) is 8.74. The van der Waals surface area contributed by atoms with Gasteiger partial charge in [-0.05, 0) is 48.2 Å². The number of carbonyl (C=O) groups is 2. The van der Waals surface area contributed by atoms with Crippen molar-refractivity contribution in [2.75, 3.05) is 19.0 Å². The molecule has 0 radical (unpaired) electrons. The van der Waals surface area contributed by atoms with E-state index in [-0.39, 0.29) is 40.8 Å². The van der Waals surface area contributed by atoms with E-state index in [4.69, 9.17) is 14.2 Å². The standard InChI is InChI=1S/C25H21N3O7S/c1-3-34-25(30)19-10-11-36-24(19)27-23(29)17(14-26)12-16-8-9-21(33-2)18(13-16)15-35-22-7-5-4-6-20(22)28(31)32/h4-13H,3,15H2,1-2H3,(H,27,29)/b17-12+. The highest BCUT2D eigenvalue weighted by molar-refractivity contribution is 7.14. The van der Waals surface area contributed by atoms with Crippen LogP contribution in [0.5, 0.6) is 11.5 Å². The first kappa shape index (κ1) is 25.9. The van der Waals surface area contributed by atoms with Crippen LogP contribution in [0, 0.1) is 21.4 Å². The number of esters is 1. The predicted octanol–water partition coefficient (Wildman–Crippen LogP) is 4.97. The van der Waals surface area contributed by atoms with Gasteiger partial charge in [-0.25, -0.2) is 4.79 Å². The number of anilines is 1. The molecule has 0 bridgehead atoms. The van der Waals surface area contributed by atoms with E-state index in [2.05, 4.69) is 5.32 Å². The van der Waals surface area contributed by atoms with E-state index in [9.17, 15) is 25.0 Å². The molecule has 0 aliphatic rings. The van der Waals surface area contributed by atoms with Gasteiger partial charge in [0.25, 0.3) is 5.91 Å². The second kappa shape index (κ2) is 12.1. The van der Waals surface area contributed by atoms with Crippen LogP contribution in [0.3, 0.4) is 0 Å². The first-order valence-electron chi connectivity index (χ1n) is 10.6. The van der Waals surface area contributed by atoms with Crippen LogP contribution in [0.1, 0.15) is 28.4 Å². The van der Waals surface area contributed by atoms with E-state index in [0.29, 0.717) is 16.9 Å². The van der Waals surface area contributed by atoms with Crippen molar-refractivity contribution in [1.29, 1.82) is 5.26 Å². The molecule has 0 aliphatic heterocycles. The van der Waals surface area contributed by atoms with Gasteiger partial charge in [0.2, 0.25) is 0 Å². The summed E-state index contributed by atoms with van der Waals surface area (Å²) in [6.45, 7) is 1.81. The van der Waals surface area contributed by atoms with Gasteiger partial charge in [-0.2, -0.15) is 5.26 Å². The van der Waals surface area contributed by atoms with E-state index >= 15 is 0 Å². The molecular weight excluding hydrogens is 486 g/mol. The van der Waals surface area contributed by atoms with Crippen LogP contribution in [0.15, 0.2) is 59.5 Å². The van der Waals surface area contributed by atoms with E-state index in [1.807, 2.05) is 6.07 Å². The van der Waals surface area contributed by atoms with Crippen molar-refractivity contribution in [2.24, 2.45) is 0 Å². The lowest BCUT2D eigenvalue weighted by molar-refractivity contribution is -0.385. The Morgan fingerprint density at radius 2 is 1.97 bits per heavy atom. The largest absolute Gasteiger partial charge is 0.496 e. The number of nitrogens with zero attached hydrogens (tertiary/aromatic N) is 2. The molecule has 10 nitrogen and oxygen atoms in total. The maximum Gasteiger partial charge on any atom is 0.341 e. The summed E-state index contributed by atoms with van der Waals surface area (Å²) in [5.74, 6) is -0.712. The van der Waals surface area contributed by atoms with Gasteiger partial charge in [-0.3, -0.25) is 14.9 Å². The van der Waals surface area contributed by atoms with Crippen LogP contribution in [-0.4, -0.2) is 30.5 Å². The number of thiophene rings is 1. The van der Waals surface area contributed by atoms with Gasteiger partial charge in [0, 0.05) is 11.6 Å². The van der Waals surface area contributed by atoms with Gasteiger partial charge < -0.3 is 19.5 Å². The van der Waals surface area contributed by atoms with Crippen LogP contribution < -0.4 is 14.8 Å². The third-order valence-electron chi connectivity index (χ3n) is 4.81. The SMILES string of the molecule is CCOC(=O)c1ccsc1NC(=O)/C(C#N)=C/c1ccc(OC)c(COc2ccccc2[N+](=O)[O-])c1. The normalized spacial score (nSPS) is 10.8. The minimum Gasteiger partial charge on any atom is -0.496 e. The number of ether oxygens (including phenoxy) is 3. The molecule has 36 heavy (non-hydrogen) atoms. The highest BCUT2D eigenvalue weighted by Gasteiger charge is 2.19.